The molecular weight excluding hydrogens is 276 g/mol. The molecule has 1 heterocycles. The van der Waals surface area contributed by atoms with Crippen molar-refractivity contribution in [3.05, 3.63) is 40.2 Å². The lowest BCUT2D eigenvalue weighted by Gasteiger charge is -2.18. The molecule has 108 valence electrons. The van der Waals surface area contributed by atoms with Crippen molar-refractivity contribution in [3.63, 3.8) is 0 Å². The number of aromatic nitrogens is 1. The molecule has 0 aliphatic carbocycles. The summed E-state index contributed by atoms with van der Waals surface area (Å²) in [5, 5.41) is 0.748. The second-order valence-electron chi connectivity index (χ2n) is 4.61. The van der Waals surface area contributed by atoms with Gasteiger partial charge in [-0.1, -0.05) is 13.8 Å². The second-order valence-corrected chi connectivity index (χ2v) is 6.55. The Kier molecular flexibility index (Phi) is 3.96. The van der Waals surface area contributed by atoms with Crippen LogP contribution in [0.1, 0.15) is 19.4 Å². The molecule has 0 unspecified atom stereocenters. The Labute approximate surface area is 118 Å². The predicted octanol–water partition coefficient (Wildman–Crippen LogP) is 1.87. The Morgan fingerprint density at radius 2 is 1.80 bits per heavy atom. The molecule has 20 heavy (non-hydrogen) atoms. The molecule has 0 amide bonds. The molecule has 6 heteroatoms. The molecule has 0 fully saturated rings. The molecule has 0 bridgehead atoms. The van der Waals surface area contributed by atoms with Gasteiger partial charge >= 0.3 is 0 Å². The van der Waals surface area contributed by atoms with Crippen LogP contribution >= 0.6 is 0 Å². The van der Waals surface area contributed by atoms with Crippen LogP contribution in [0.25, 0.3) is 10.9 Å². The number of nitrogens with zero attached hydrogens (tertiary/aromatic N) is 1. The number of H-pyrrole nitrogens is 1. The summed E-state index contributed by atoms with van der Waals surface area (Å²) in [6.07, 6.45) is 0. The number of hydrogen-bond acceptors (Lipinski definition) is 3. The molecule has 2 aromatic rings. The lowest BCUT2D eigenvalue weighted by atomic mass is 10.1. The van der Waals surface area contributed by atoms with E-state index in [1.807, 2.05) is 13.8 Å². The van der Waals surface area contributed by atoms with E-state index < -0.39 is 10.0 Å². The van der Waals surface area contributed by atoms with E-state index in [0.29, 0.717) is 18.6 Å². The standard InChI is InChI=1S/C14H18N2O3S/c1-4-16(5-2)20(18,19)11-6-7-13-12(9-11)10(3)8-14(17)15-13/h6-9H,4-5H2,1-3H3,(H,15,17). The highest BCUT2D eigenvalue weighted by Crippen LogP contribution is 2.22. The van der Waals surface area contributed by atoms with Crippen molar-refractivity contribution in [1.82, 2.24) is 9.29 Å². The molecule has 0 saturated heterocycles. The van der Waals surface area contributed by atoms with Gasteiger partial charge < -0.3 is 4.98 Å². The summed E-state index contributed by atoms with van der Waals surface area (Å²) in [7, 11) is -3.48. The fourth-order valence-electron chi connectivity index (χ4n) is 2.27. The topological polar surface area (TPSA) is 70.2 Å². The van der Waals surface area contributed by atoms with Crippen LogP contribution in [0, 0.1) is 6.92 Å². The van der Waals surface area contributed by atoms with Crippen molar-refractivity contribution in [2.75, 3.05) is 13.1 Å². The van der Waals surface area contributed by atoms with E-state index in [9.17, 15) is 13.2 Å². The van der Waals surface area contributed by atoms with E-state index in [-0.39, 0.29) is 10.5 Å². The predicted molar refractivity (Wildman–Crippen MR) is 79.4 cm³/mol. The fourth-order valence-corrected chi connectivity index (χ4v) is 3.76. The summed E-state index contributed by atoms with van der Waals surface area (Å²) in [6.45, 7) is 6.28. The van der Waals surface area contributed by atoms with Crippen LogP contribution in [0.4, 0.5) is 0 Å². The maximum absolute atomic E-state index is 12.5. The van der Waals surface area contributed by atoms with E-state index >= 15 is 0 Å². The SMILES string of the molecule is CCN(CC)S(=O)(=O)c1ccc2[nH]c(=O)cc(C)c2c1. The highest BCUT2D eigenvalue weighted by atomic mass is 32.2. The van der Waals surface area contributed by atoms with Crippen molar-refractivity contribution < 1.29 is 8.42 Å². The molecule has 0 aliphatic rings. The normalized spacial score (nSPS) is 12.2. The molecule has 1 aromatic carbocycles. The van der Waals surface area contributed by atoms with E-state index in [0.717, 1.165) is 10.9 Å². The number of aromatic amines is 1. The number of fused-ring (bicyclic) bond motifs is 1. The average Bonchev–Trinajstić information content (AvgIpc) is 2.39. The zero-order valence-corrected chi connectivity index (χ0v) is 12.6. The number of aryl methyl sites for hydroxylation is 1. The van der Waals surface area contributed by atoms with Crippen LogP contribution in [0.2, 0.25) is 0 Å². The van der Waals surface area contributed by atoms with Gasteiger partial charge in [0, 0.05) is 30.1 Å². The minimum absolute atomic E-state index is 0.186. The molecule has 0 atom stereocenters. The molecule has 1 N–H and O–H groups in total. The maximum atomic E-state index is 12.5. The molecule has 0 radical (unpaired) electrons. The number of sulfonamides is 1. The monoisotopic (exact) mass is 294 g/mol. The summed E-state index contributed by atoms with van der Waals surface area (Å²) in [6, 6.07) is 6.26. The maximum Gasteiger partial charge on any atom is 0.248 e. The van der Waals surface area contributed by atoms with Gasteiger partial charge in [0.15, 0.2) is 0 Å². The summed E-state index contributed by atoms with van der Waals surface area (Å²) in [5.74, 6) is 0. The van der Waals surface area contributed by atoms with E-state index in [4.69, 9.17) is 0 Å². The number of hydrogen-bond donors (Lipinski definition) is 1. The van der Waals surface area contributed by atoms with Crippen molar-refractivity contribution in [3.8, 4) is 0 Å². The summed E-state index contributed by atoms with van der Waals surface area (Å²) in [5.41, 5.74) is 1.23. The Balaban J connectivity index is 2.66. The van der Waals surface area contributed by atoms with E-state index in [1.165, 1.54) is 16.4 Å². The Morgan fingerprint density at radius 3 is 2.40 bits per heavy atom. The third-order valence-electron chi connectivity index (χ3n) is 3.36. The molecule has 2 rings (SSSR count). The van der Waals surface area contributed by atoms with Crippen LogP contribution in [0.3, 0.4) is 0 Å². The Morgan fingerprint density at radius 1 is 1.15 bits per heavy atom. The minimum atomic E-state index is -3.48. The third-order valence-corrected chi connectivity index (χ3v) is 5.41. The first kappa shape index (κ1) is 14.7. The lowest BCUT2D eigenvalue weighted by molar-refractivity contribution is 0.445. The smallest absolute Gasteiger partial charge is 0.248 e. The number of nitrogens with one attached hydrogen (secondary N) is 1. The molecule has 1 aromatic heterocycles. The van der Waals surface area contributed by atoms with Gasteiger partial charge in [0.2, 0.25) is 15.6 Å². The van der Waals surface area contributed by atoms with Crippen LogP contribution in [-0.2, 0) is 10.0 Å². The van der Waals surface area contributed by atoms with Crippen LogP contribution in [0.15, 0.2) is 34.0 Å². The summed E-state index contributed by atoms with van der Waals surface area (Å²) < 4.78 is 26.4. The molecule has 0 spiro atoms. The Bertz CT molecular complexity index is 790. The van der Waals surface area contributed by atoms with Crippen molar-refractivity contribution in [2.24, 2.45) is 0 Å². The van der Waals surface area contributed by atoms with Crippen molar-refractivity contribution >= 4 is 20.9 Å². The van der Waals surface area contributed by atoms with Crippen molar-refractivity contribution in [2.45, 2.75) is 25.7 Å². The fraction of sp³-hybridized carbons (Fsp3) is 0.357. The number of rotatable bonds is 4. The molecular formula is C14H18N2O3S. The zero-order valence-electron chi connectivity index (χ0n) is 11.8. The summed E-state index contributed by atoms with van der Waals surface area (Å²) >= 11 is 0. The highest BCUT2D eigenvalue weighted by Gasteiger charge is 2.21. The van der Waals surface area contributed by atoms with E-state index in [1.54, 1.807) is 19.1 Å². The first-order chi connectivity index (χ1) is 9.40. The highest BCUT2D eigenvalue weighted by molar-refractivity contribution is 7.89. The lowest BCUT2D eigenvalue weighted by Crippen LogP contribution is -2.30. The van der Waals surface area contributed by atoms with Crippen LogP contribution < -0.4 is 5.56 Å². The van der Waals surface area contributed by atoms with Gasteiger partial charge in [-0.25, -0.2) is 8.42 Å². The largest absolute Gasteiger partial charge is 0.322 e. The molecule has 0 saturated carbocycles. The van der Waals surface area contributed by atoms with Crippen LogP contribution in [0.5, 0.6) is 0 Å². The van der Waals surface area contributed by atoms with Gasteiger partial charge in [-0.2, -0.15) is 4.31 Å². The van der Waals surface area contributed by atoms with Crippen LogP contribution in [-0.4, -0.2) is 30.8 Å². The Hall–Kier alpha value is -1.66. The first-order valence-electron chi connectivity index (χ1n) is 6.54. The minimum Gasteiger partial charge on any atom is -0.322 e. The first-order valence-corrected chi connectivity index (χ1v) is 7.98. The average molecular weight is 294 g/mol. The molecule has 5 nitrogen and oxygen atoms in total. The summed E-state index contributed by atoms with van der Waals surface area (Å²) in [4.78, 5) is 14.4. The second kappa shape index (κ2) is 5.38. The van der Waals surface area contributed by atoms with Gasteiger partial charge in [0.05, 0.1) is 4.90 Å². The number of benzene rings is 1. The van der Waals surface area contributed by atoms with E-state index in [2.05, 4.69) is 4.98 Å². The number of pyridine rings is 1. The quantitative estimate of drug-likeness (QED) is 0.935. The zero-order chi connectivity index (χ0) is 14.9. The third kappa shape index (κ3) is 2.48. The van der Waals surface area contributed by atoms with Crippen molar-refractivity contribution in [1.29, 1.82) is 0 Å². The van der Waals surface area contributed by atoms with Gasteiger partial charge in [-0.15, -0.1) is 0 Å². The van der Waals surface area contributed by atoms with Gasteiger partial charge in [0.1, 0.15) is 0 Å². The molecule has 0 aliphatic heterocycles. The van der Waals surface area contributed by atoms with Gasteiger partial charge in [0.25, 0.3) is 0 Å². The van der Waals surface area contributed by atoms with Gasteiger partial charge in [-0.05, 0) is 30.7 Å². The van der Waals surface area contributed by atoms with Gasteiger partial charge in [-0.3, -0.25) is 4.79 Å².